The van der Waals surface area contributed by atoms with Crippen LogP contribution in [0.3, 0.4) is 0 Å². The molecule has 0 aliphatic heterocycles. The summed E-state index contributed by atoms with van der Waals surface area (Å²) >= 11 is 19.6. The van der Waals surface area contributed by atoms with Crippen molar-refractivity contribution in [3.8, 4) is 0 Å². The molecule has 0 saturated carbocycles. The molecule has 0 bridgehead atoms. The Morgan fingerprint density at radius 2 is 2.00 bits per heavy atom. The monoisotopic (exact) mass is 310 g/mol. The second-order valence-corrected chi connectivity index (χ2v) is 5.51. The predicted octanol–water partition coefficient (Wildman–Crippen LogP) is 3.32. The van der Waals surface area contributed by atoms with E-state index in [-0.39, 0.29) is 11.8 Å². The fourth-order valence-electron chi connectivity index (χ4n) is 0.503. The minimum Gasteiger partial charge on any atom is -0.427 e. The lowest BCUT2D eigenvalue weighted by Crippen LogP contribution is -2.31. The molecule has 13 heavy (non-hydrogen) atoms. The minimum absolute atomic E-state index is 0.104. The highest BCUT2D eigenvalue weighted by atomic mass is 79.9. The van der Waals surface area contributed by atoms with Gasteiger partial charge in [-0.05, 0) is 5.92 Å². The fraction of sp³-hybridized carbons (Fsp3) is 0.857. The van der Waals surface area contributed by atoms with Crippen LogP contribution in [0.5, 0.6) is 0 Å². The molecule has 0 amide bonds. The van der Waals surface area contributed by atoms with Crippen molar-refractivity contribution in [2.45, 2.75) is 23.2 Å². The molecule has 78 valence electrons. The van der Waals surface area contributed by atoms with Crippen molar-refractivity contribution in [1.82, 2.24) is 0 Å². The average Bonchev–Trinajstić information content (AvgIpc) is 2.02. The lowest BCUT2D eigenvalue weighted by Gasteiger charge is -2.20. The maximum Gasteiger partial charge on any atom is 0.322 e. The third kappa shape index (κ3) is 5.31. The second-order valence-electron chi connectivity index (χ2n) is 2.84. The van der Waals surface area contributed by atoms with E-state index < -0.39 is 15.3 Å². The summed E-state index contributed by atoms with van der Waals surface area (Å²) in [7, 11) is 0. The molecule has 0 aromatic heterocycles. The SMILES string of the molecule is CC(C)C(Br)C(=O)OC(Cl)(Cl)CCl. The van der Waals surface area contributed by atoms with E-state index in [0.29, 0.717) is 0 Å². The standard InChI is InChI=1S/C7H10BrCl3O2/c1-4(2)5(8)6(12)13-7(10,11)3-9/h4-5H,3H2,1-2H3. The Morgan fingerprint density at radius 1 is 1.54 bits per heavy atom. The van der Waals surface area contributed by atoms with Gasteiger partial charge in [0, 0.05) is 0 Å². The number of hydrogen-bond donors (Lipinski definition) is 0. The van der Waals surface area contributed by atoms with Crippen molar-refractivity contribution >= 4 is 56.7 Å². The molecule has 0 radical (unpaired) electrons. The van der Waals surface area contributed by atoms with E-state index >= 15 is 0 Å². The average molecular weight is 312 g/mol. The number of halogens is 4. The van der Waals surface area contributed by atoms with Gasteiger partial charge in [-0.3, -0.25) is 4.79 Å². The lowest BCUT2D eigenvalue weighted by atomic mass is 10.1. The number of ether oxygens (including phenoxy) is 1. The van der Waals surface area contributed by atoms with Crippen LogP contribution >= 0.6 is 50.7 Å². The van der Waals surface area contributed by atoms with Crippen LogP contribution in [0.25, 0.3) is 0 Å². The van der Waals surface area contributed by atoms with Crippen LogP contribution in [0.4, 0.5) is 0 Å². The Morgan fingerprint density at radius 3 is 2.31 bits per heavy atom. The summed E-state index contributed by atoms with van der Waals surface area (Å²) in [6, 6.07) is 0. The van der Waals surface area contributed by atoms with Crippen molar-refractivity contribution < 1.29 is 9.53 Å². The normalized spacial score (nSPS) is 14.4. The van der Waals surface area contributed by atoms with Gasteiger partial charge in [0.2, 0.25) is 0 Å². The number of esters is 1. The second kappa shape index (κ2) is 5.64. The Balaban J connectivity index is 4.15. The van der Waals surface area contributed by atoms with Crippen LogP contribution in [0, 0.1) is 5.92 Å². The van der Waals surface area contributed by atoms with Crippen LogP contribution in [-0.2, 0) is 9.53 Å². The molecule has 0 N–H and O–H groups in total. The first-order valence-electron chi connectivity index (χ1n) is 3.61. The number of carbonyl (C=O) groups excluding carboxylic acids is 1. The highest BCUT2D eigenvalue weighted by Gasteiger charge is 2.31. The molecular formula is C7H10BrCl3O2. The van der Waals surface area contributed by atoms with Gasteiger partial charge < -0.3 is 4.74 Å². The summed E-state index contributed by atoms with van der Waals surface area (Å²) in [5.74, 6) is -0.577. The Bertz CT molecular complexity index is 185. The summed E-state index contributed by atoms with van der Waals surface area (Å²) < 4.78 is 3.08. The van der Waals surface area contributed by atoms with Gasteiger partial charge in [-0.15, -0.1) is 11.6 Å². The van der Waals surface area contributed by atoms with Crippen molar-refractivity contribution in [3.63, 3.8) is 0 Å². The number of rotatable bonds is 4. The lowest BCUT2D eigenvalue weighted by molar-refractivity contribution is -0.146. The zero-order valence-corrected chi connectivity index (χ0v) is 11.0. The van der Waals surface area contributed by atoms with Gasteiger partial charge >= 0.3 is 5.97 Å². The molecule has 0 fully saturated rings. The molecule has 0 aromatic carbocycles. The van der Waals surface area contributed by atoms with Gasteiger partial charge in [0.05, 0.1) is 5.88 Å². The van der Waals surface area contributed by atoms with E-state index in [2.05, 4.69) is 15.9 Å². The third-order valence-electron chi connectivity index (χ3n) is 1.22. The molecule has 0 heterocycles. The predicted molar refractivity (Wildman–Crippen MR) is 58.8 cm³/mol. The van der Waals surface area contributed by atoms with Gasteiger partial charge in [0.1, 0.15) is 4.83 Å². The zero-order valence-electron chi connectivity index (χ0n) is 7.19. The van der Waals surface area contributed by atoms with Gasteiger partial charge in [0.25, 0.3) is 4.52 Å². The van der Waals surface area contributed by atoms with Gasteiger partial charge in [0.15, 0.2) is 0 Å². The van der Waals surface area contributed by atoms with E-state index in [0.717, 1.165) is 0 Å². The van der Waals surface area contributed by atoms with Crippen molar-refractivity contribution in [1.29, 1.82) is 0 Å². The first-order valence-corrected chi connectivity index (χ1v) is 5.81. The van der Waals surface area contributed by atoms with E-state index in [1.165, 1.54) is 0 Å². The van der Waals surface area contributed by atoms with E-state index in [1.54, 1.807) is 0 Å². The molecule has 0 aromatic rings. The molecule has 1 unspecified atom stereocenters. The molecule has 0 saturated heterocycles. The minimum atomic E-state index is -1.64. The first kappa shape index (κ1) is 13.8. The smallest absolute Gasteiger partial charge is 0.322 e. The van der Waals surface area contributed by atoms with Crippen LogP contribution in [0.1, 0.15) is 13.8 Å². The molecule has 0 rings (SSSR count). The molecule has 1 atom stereocenters. The largest absolute Gasteiger partial charge is 0.427 e. The quantitative estimate of drug-likeness (QED) is 0.588. The van der Waals surface area contributed by atoms with Crippen LogP contribution in [0.15, 0.2) is 0 Å². The van der Waals surface area contributed by atoms with Gasteiger partial charge in [-0.1, -0.05) is 53.0 Å². The Labute approximate surface area is 101 Å². The molecule has 0 spiro atoms. The molecule has 0 aliphatic carbocycles. The van der Waals surface area contributed by atoms with Gasteiger partial charge in [-0.25, -0.2) is 0 Å². The first-order chi connectivity index (χ1) is 5.80. The maximum absolute atomic E-state index is 11.3. The number of carbonyl (C=O) groups is 1. The third-order valence-corrected chi connectivity index (χ3v) is 3.72. The molecule has 2 nitrogen and oxygen atoms in total. The number of hydrogen-bond acceptors (Lipinski definition) is 2. The van der Waals surface area contributed by atoms with Crippen molar-refractivity contribution in [3.05, 3.63) is 0 Å². The van der Waals surface area contributed by atoms with E-state index in [9.17, 15) is 4.79 Å². The summed E-state index contributed by atoms with van der Waals surface area (Å²) in [4.78, 5) is 10.8. The summed E-state index contributed by atoms with van der Waals surface area (Å²) in [6.45, 7) is 3.73. The summed E-state index contributed by atoms with van der Waals surface area (Å²) in [5, 5.41) is 0. The van der Waals surface area contributed by atoms with Crippen LogP contribution < -0.4 is 0 Å². The highest BCUT2D eigenvalue weighted by Crippen LogP contribution is 2.26. The van der Waals surface area contributed by atoms with Crippen molar-refractivity contribution in [2.24, 2.45) is 5.92 Å². The summed E-state index contributed by atoms with van der Waals surface area (Å²) in [5.41, 5.74) is 0. The van der Waals surface area contributed by atoms with Crippen molar-refractivity contribution in [2.75, 3.05) is 5.88 Å². The Hall–Kier alpha value is 0.820. The number of alkyl halides is 4. The molecule has 0 aliphatic rings. The van der Waals surface area contributed by atoms with Gasteiger partial charge in [-0.2, -0.15) is 0 Å². The maximum atomic E-state index is 11.3. The Kier molecular flexibility index (Phi) is 6.00. The zero-order chi connectivity index (χ0) is 10.6. The molecule has 6 heteroatoms. The van der Waals surface area contributed by atoms with E-state index in [4.69, 9.17) is 39.5 Å². The highest BCUT2D eigenvalue weighted by molar-refractivity contribution is 9.10. The molecular weight excluding hydrogens is 302 g/mol. The van der Waals surface area contributed by atoms with Crippen LogP contribution in [-0.4, -0.2) is 21.2 Å². The summed E-state index contributed by atoms with van der Waals surface area (Å²) in [6.07, 6.45) is 0. The fourth-order valence-corrected chi connectivity index (χ4v) is 0.803. The van der Waals surface area contributed by atoms with E-state index in [1.807, 2.05) is 13.8 Å². The van der Waals surface area contributed by atoms with Crippen LogP contribution in [0.2, 0.25) is 0 Å². The topological polar surface area (TPSA) is 26.3 Å².